The molecule has 4 saturated carbocycles. The van der Waals surface area contributed by atoms with E-state index in [9.17, 15) is 5.11 Å². The van der Waals surface area contributed by atoms with Crippen LogP contribution in [0.4, 0.5) is 0 Å². The molecule has 0 bridgehead atoms. The number of ether oxygens (including phenoxy) is 2. The SMILES string of the molecule is C=CC(CC1CCCC1)[C@@H](OCC1CC1)C(C)C.CCC(CC1CCCC1)[C@@H](OCC1CC1)[C@H](C)O. The molecule has 1 N–H and O–H groups in total. The molecule has 210 valence electrons. The zero-order chi connectivity index (χ0) is 25.9. The van der Waals surface area contributed by atoms with Crippen LogP contribution < -0.4 is 0 Å². The van der Waals surface area contributed by atoms with Gasteiger partial charge in [0.1, 0.15) is 0 Å². The molecule has 4 rings (SSSR count). The average molecular weight is 505 g/mol. The van der Waals surface area contributed by atoms with Gasteiger partial charge in [0.05, 0.1) is 18.3 Å². The van der Waals surface area contributed by atoms with Crippen LogP contribution in [0.15, 0.2) is 12.7 Å². The monoisotopic (exact) mass is 504 g/mol. The minimum absolute atomic E-state index is 0.0659. The minimum atomic E-state index is -0.324. The molecule has 0 aliphatic heterocycles. The molecule has 0 aromatic carbocycles. The van der Waals surface area contributed by atoms with Gasteiger partial charge in [-0.05, 0) is 81.0 Å². The van der Waals surface area contributed by atoms with Crippen LogP contribution in [0.25, 0.3) is 0 Å². The van der Waals surface area contributed by atoms with Crippen LogP contribution >= 0.6 is 0 Å². The molecule has 0 aromatic heterocycles. The summed E-state index contributed by atoms with van der Waals surface area (Å²) >= 11 is 0. The van der Waals surface area contributed by atoms with E-state index in [2.05, 4.69) is 33.4 Å². The van der Waals surface area contributed by atoms with Crippen molar-refractivity contribution in [3.8, 4) is 0 Å². The average Bonchev–Trinajstić information content (AvgIpc) is 3.75. The van der Waals surface area contributed by atoms with Crippen LogP contribution in [-0.2, 0) is 9.47 Å². The van der Waals surface area contributed by atoms with E-state index in [1.165, 1.54) is 89.9 Å². The summed E-state index contributed by atoms with van der Waals surface area (Å²) in [7, 11) is 0. The molecule has 36 heavy (non-hydrogen) atoms. The Morgan fingerprint density at radius 3 is 1.58 bits per heavy atom. The van der Waals surface area contributed by atoms with Crippen LogP contribution in [-0.4, -0.2) is 36.6 Å². The Morgan fingerprint density at radius 2 is 1.19 bits per heavy atom. The van der Waals surface area contributed by atoms with Gasteiger partial charge in [-0.15, -0.1) is 6.58 Å². The van der Waals surface area contributed by atoms with Gasteiger partial charge in [-0.25, -0.2) is 0 Å². The summed E-state index contributed by atoms with van der Waals surface area (Å²) in [5.41, 5.74) is 0. The third-order valence-electron chi connectivity index (χ3n) is 9.48. The molecule has 4 aliphatic carbocycles. The van der Waals surface area contributed by atoms with Gasteiger partial charge < -0.3 is 14.6 Å². The molecule has 0 saturated heterocycles. The third kappa shape index (κ3) is 10.8. The molecule has 0 radical (unpaired) electrons. The fourth-order valence-corrected chi connectivity index (χ4v) is 6.75. The van der Waals surface area contributed by atoms with Gasteiger partial charge in [0, 0.05) is 19.1 Å². The summed E-state index contributed by atoms with van der Waals surface area (Å²) in [4.78, 5) is 0. The molecule has 3 nitrogen and oxygen atoms in total. The van der Waals surface area contributed by atoms with Crippen LogP contribution in [0, 0.1) is 41.4 Å². The largest absolute Gasteiger partial charge is 0.391 e. The number of aliphatic hydroxyl groups excluding tert-OH is 1. The molecule has 4 aliphatic rings. The van der Waals surface area contributed by atoms with Crippen LogP contribution in [0.2, 0.25) is 0 Å². The number of hydrogen-bond donors (Lipinski definition) is 1. The molecule has 3 heteroatoms. The van der Waals surface area contributed by atoms with Crippen LogP contribution in [0.3, 0.4) is 0 Å². The molecule has 0 amide bonds. The highest BCUT2D eigenvalue weighted by Gasteiger charge is 2.32. The van der Waals surface area contributed by atoms with Crippen molar-refractivity contribution in [1.82, 2.24) is 0 Å². The Bertz CT molecular complexity index is 582. The van der Waals surface area contributed by atoms with E-state index in [-0.39, 0.29) is 12.2 Å². The van der Waals surface area contributed by atoms with Crippen LogP contribution in [0.1, 0.15) is 124 Å². The Kier molecular flexibility index (Phi) is 13.3. The number of rotatable bonds is 16. The van der Waals surface area contributed by atoms with E-state index in [4.69, 9.17) is 9.47 Å². The van der Waals surface area contributed by atoms with Crippen molar-refractivity contribution < 1.29 is 14.6 Å². The third-order valence-corrected chi connectivity index (χ3v) is 9.48. The van der Waals surface area contributed by atoms with Gasteiger partial charge in [-0.2, -0.15) is 0 Å². The Balaban J connectivity index is 0.000000201. The van der Waals surface area contributed by atoms with Gasteiger partial charge in [0.25, 0.3) is 0 Å². The fraction of sp³-hybridized carbons (Fsp3) is 0.939. The highest BCUT2D eigenvalue weighted by atomic mass is 16.5. The molecule has 4 fully saturated rings. The lowest BCUT2D eigenvalue weighted by Gasteiger charge is -2.30. The van der Waals surface area contributed by atoms with E-state index in [0.717, 1.165) is 43.3 Å². The second-order valence-corrected chi connectivity index (χ2v) is 13.3. The second kappa shape index (κ2) is 15.9. The van der Waals surface area contributed by atoms with Crippen molar-refractivity contribution in [2.24, 2.45) is 41.4 Å². The maximum Gasteiger partial charge on any atom is 0.0859 e. The van der Waals surface area contributed by atoms with Crippen LogP contribution in [0.5, 0.6) is 0 Å². The summed E-state index contributed by atoms with van der Waals surface area (Å²) in [5.74, 6) is 5.18. The fourth-order valence-electron chi connectivity index (χ4n) is 6.75. The van der Waals surface area contributed by atoms with Crippen molar-refractivity contribution in [2.45, 2.75) is 142 Å². The van der Waals surface area contributed by atoms with Gasteiger partial charge in [-0.1, -0.05) is 84.6 Å². The molecule has 0 aromatic rings. The molecule has 2 unspecified atom stereocenters. The van der Waals surface area contributed by atoms with Crippen molar-refractivity contribution >= 4 is 0 Å². The molecule has 0 spiro atoms. The number of hydrogen-bond acceptors (Lipinski definition) is 3. The van der Waals surface area contributed by atoms with E-state index >= 15 is 0 Å². The summed E-state index contributed by atoms with van der Waals surface area (Å²) in [5, 5.41) is 10.00. The first-order chi connectivity index (χ1) is 17.4. The van der Waals surface area contributed by atoms with Gasteiger partial charge >= 0.3 is 0 Å². The van der Waals surface area contributed by atoms with Crippen molar-refractivity contribution in [1.29, 1.82) is 0 Å². The lowest BCUT2D eigenvalue weighted by Crippen LogP contribution is -2.35. The second-order valence-electron chi connectivity index (χ2n) is 13.3. The van der Waals surface area contributed by atoms with Gasteiger partial charge in [-0.3, -0.25) is 0 Å². The highest BCUT2D eigenvalue weighted by molar-refractivity contribution is 4.90. The number of aliphatic hydroxyl groups is 1. The minimum Gasteiger partial charge on any atom is -0.391 e. The normalized spacial score (nSPS) is 25.3. The van der Waals surface area contributed by atoms with E-state index in [1.807, 2.05) is 6.92 Å². The topological polar surface area (TPSA) is 38.7 Å². The van der Waals surface area contributed by atoms with Crippen molar-refractivity contribution in [3.05, 3.63) is 12.7 Å². The first-order valence-electron chi connectivity index (χ1n) is 15.9. The van der Waals surface area contributed by atoms with E-state index < -0.39 is 0 Å². The lowest BCUT2D eigenvalue weighted by molar-refractivity contribution is -0.0707. The highest BCUT2D eigenvalue weighted by Crippen LogP contribution is 2.37. The van der Waals surface area contributed by atoms with Crippen molar-refractivity contribution in [2.75, 3.05) is 13.2 Å². The smallest absolute Gasteiger partial charge is 0.0859 e. The molecule has 0 heterocycles. The zero-order valence-corrected chi connectivity index (χ0v) is 24.3. The summed E-state index contributed by atoms with van der Waals surface area (Å²) in [6.45, 7) is 14.7. The Hall–Kier alpha value is -0.380. The van der Waals surface area contributed by atoms with Gasteiger partial charge in [0.2, 0.25) is 0 Å². The predicted molar refractivity (Wildman–Crippen MR) is 152 cm³/mol. The first kappa shape index (κ1) is 30.2. The predicted octanol–water partition coefficient (Wildman–Crippen LogP) is 8.59. The summed E-state index contributed by atoms with van der Waals surface area (Å²) in [6, 6.07) is 0. The Morgan fingerprint density at radius 1 is 0.722 bits per heavy atom. The van der Waals surface area contributed by atoms with Gasteiger partial charge in [0.15, 0.2) is 0 Å². The first-order valence-corrected chi connectivity index (χ1v) is 15.9. The molecule has 5 atom stereocenters. The maximum absolute atomic E-state index is 10.00. The molecular weight excluding hydrogens is 444 g/mol. The quantitative estimate of drug-likeness (QED) is 0.214. The maximum atomic E-state index is 10.00. The summed E-state index contributed by atoms with van der Waals surface area (Å²) < 4.78 is 12.3. The zero-order valence-electron chi connectivity index (χ0n) is 24.3. The summed E-state index contributed by atoms with van der Waals surface area (Å²) in [6.07, 6.45) is 22.7. The van der Waals surface area contributed by atoms with Crippen molar-refractivity contribution in [3.63, 3.8) is 0 Å². The standard InChI is InChI=1S/C17H30O.C16H30O2/c1-4-16(11-14-7-5-6-8-14)17(13(2)3)18-12-15-9-10-15;1-3-15(10-13-6-4-5-7-13)16(12(2)17)18-11-14-8-9-14/h4,13-17H,1,5-12H2,2-3H3;12-17H,3-11H2,1-2H3/t16?,17-;12-,15?,16-/m00/s1. The van der Waals surface area contributed by atoms with E-state index in [1.54, 1.807) is 0 Å². The Labute approximate surface area is 224 Å². The van der Waals surface area contributed by atoms with E-state index in [0.29, 0.717) is 23.9 Å². The lowest BCUT2D eigenvalue weighted by atomic mass is 9.85. The molecular formula is C33H60O3.